The van der Waals surface area contributed by atoms with Gasteiger partial charge in [0.1, 0.15) is 0 Å². The van der Waals surface area contributed by atoms with Crippen LogP contribution in [0.1, 0.15) is 11.1 Å². The van der Waals surface area contributed by atoms with Crippen molar-refractivity contribution < 1.29 is 0 Å². The summed E-state index contributed by atoms with van der Waals surface area (Å²) in [4.78, 5) is 0. The molecule has 1 nitrogen and oxygen atoms in total. The number of aryl methyl sites for hydroxylation is 1. The van der Waals surface area contributed by atoms with Gasteiger partial charge in [-0.05, 0) is 30.7 Å². The molecule has 1 aliphatic heterocycles. The van der Waals surface area contributed by atoms with E-state index in [1.54, 1.807) is 0 Å². The van der Waals surface area contributed by atoms with Gasteiger partial charge in [-0.15, -0.1) is 0 Å². The van der Waals surface area contributed by atoms with Gasteiger partial charge in [-0.1, -0.05) is 35.9 Å². The maximum atomic E-state index is 3.24. The SMILES string of the molecule is Cc1cccc(C2=CC=CC=CN2)c1. The Bertz CT molecular complexity index is 411. The van der Waals surface area contributed by atoms with Crippen molar-refractivity contribution >= 4 is 5.70 Å². The second-order valence-electron chi connectivity index (χ2n) is 3.34. The number of hydrogen-bond acceptors (Lipinski definition) is 1. The third-order valence-corrected chi connectivity index (χ3v) is 2.15. The first kappa shape index (κ1) is 8.82. The van der Waals surface area contributed by atoms with Crippen LogP contribution < -0.4 is 5.32 Å². The lowest BCUT2D eigenvalue weighted by molar-refractivity contribution is 1.22. The molecule has 14 heavy (non-hydrogen) atoms. The quantitative estimate of drug-likeness (QED) is 0.705. The zero-order valence-corrected chi connectivity index (χ0v) is 8.20. The van der Waals surface area contributed by atoms with Crippen LogP contribution in [-0.2, 0) is 0 Å². The molecule has 1 heteroatoms. The summed E-state index contributed by atoms with van der Waals surface area (Å²) in [5.41, 5.74) is 3.64. The largest absolute Gasteiger partial charge is 0.361 e. The van der Waals surface area contributed by atoms with Crippen molar-refractivity contribution in [1.82, 2.24) is 5.32 Å². The van der Waals surface area contributed by atoms with Crippen molar-refractivity contribution in [1.29, 1.82) is 0 Å². The standard InChI is InChI=1S/C13H13N/c1-11-6-5-7-12(10-11)13-8-3-2-4-9-14-13/h2-10,14H,1H3. The zero-order chi connectivity index (χ0) is 9.80. The predicted octanol–water partition coefficient (Wildman–Crippen LogP) is 3.01. The van der Waals surface area contributed by atoms with Gasteiger partial charge in [0.25, 0.3) is 0 Å². The monoisotopic (exact) mass is 183 g/mol. The highest BCUT2D eigenvalue weighted by Gasteiger charge is 1.98. The molecule has 0 aliphatic carbocycles. The molecule has 1 aliphatic rings. The topological polar surface area (TPSA) is 12.0 Å². The van der Waals surface area contributed by atoms with E-state index < -0.39 is 0 Å². The van der Waals surface area contributed by atoms with Crippen molar-refractivity contribution in [3.8, 4) is 0 Å². The van der Waals surface area contributed by atoms with E-state index >= 15 is 0 Å². The maximum absolute atomic E-state index is 3.24. The molecule has 0 atom stereocenters. The second kappa shape index (κ2) is 3.97. The summed E-state index contributed by atoms with van der Waals surface area (Å²) >= 11 is 0. The fourth-order valence-electron chi connectivity index (χ4n) is 1.45. The van der Waals surface area contributed by atoms with E-state index in [9.17, 15) is 0 Å². The number of allylic oxidation sites excluding steroid dienone is 4. The molecule has 0 saturated heterocycles. The Morgan fingerprint density at radius 3 is 2.86 bits per heavy atom. The van der Waals surface area contributed by atoms with Crippen LogP contribution in [0.3, 0.4) is 0 Å². The molecular formula is C13H13N. The molecule has 0 fully saturated rings. The Hall–Kier alpha value is -1.76. The van der Waals surface area contributed by atoms with Gasteiger partial charge in [0.15, 0.2) is 0 Å². The molecule has 0 unspecified atom stereocenters. The van der Waals surface area contributed by atoms with E-state index in [0.29, 0.717) is 0 Å². The lowest BCUT2D eigenvalue weighted by Gasteiger charge is -2.06. The number of nitrogens with one attached hydrogen (secondary N) is 1. The molecule has 1 heterocycles. The van der Waals surface area contributed by atoms with Gasteiger partial charge in [0, 0.05) is 11.9 Å². The molecule has 1 aromatic rings. The summed E-state index contributed by atoms with van der Waals surface area (Å²) in [5.74, 6) is 0. The Morgan fingerprint density at radius 2 is 2.00 bits per heavy atom. The minimum absolute atomic E-state index is 1.14. The van der Waals surface area contributed by atoms with Crippen LogP contribution in [-0.4, -0.2) is 0 Å². The summed E-state index contributed by atoms with van der Waals surface area (Å²) < 4.78 is 0. The van der Waals surface area contributed by atoms with Gasteiger partial charge in [-0.2, -0.15) is 0 Å². The average Bonchev–Trinajstić information content (AvgIpc) is 2.45. The van der Waals surface area contributed by atoms with Crippen LogP contribution in [0.5, 0.6) is 0 Å². The van der Waals surface area contributed by atoms with Crippen LogP contribution in [0.4, 0.5) is 0 Å². The Balaban J connectivity index is 2.35. The van der Waals surface area contributed by atoms with Gasteiger partial charge in [0.2, 0.25) is 0 Å². The molecule has 2 rings (SSSR count). The highest BCUT2D eigenvalue weighted by Crippen LogP contribution is 2.14. The van der Waals surface area contributed by atoms with Crippen molar-refractivity contribution in [3.05, 3.63) is 65.9 Å². The maximum Gasteiger partial charge on any atom is 0.0453 e. The molecule has 0 aromatic heterocycles. The zero-order valence-electron chi connectivity index (χ0n) is 8.20. The van der Waals surface area contributed by atoms with Crippen LogP contribution >= 0.6 is 0 Å². The predicted molar refractivity (Wildman–Crippen MR) is 60.6 cm³/mol. The van der Waals surface area contributed by atoms with Gasteiger partial charge in [-0.25, -0.2) is 0 Å². The van der Waals surface area contributed by atoms with Crippen LogP contribution in [0.2, 0.25) is 0 Å². The van der Waals surface area contributed by atoms with E-state index in [0.717, 1.165) is 5.70 Å². The van der Waals surface area contributed by atoms with E-state index in [1.165, 1.54) is 11.1 Å². The molecule has 1 N–H and O–H groups in total. The molecule has 0 saturated carbocycles. The van der Waals surface area contributed by atoms with Crippen LogP contribution in [0.15, 0.2) is 54.8 Å². The summed E-state index contributed by atoms with van der Waals surface area (Å²) in [7, 11) is 0. The molecule has 0 spiro atoms. The molecule has 70 valence electrons. The van der Waals surface area contributed by atoms with E-state index in [-0.39, 0.29) is 0 Å². The summed E-state index contributed by atoms with van der Waals surface area (Å²) in [6, 6.07) is 8.46. The van der Waals surface area contributed by atoms with Gasteiger partial charge in [0.05, 0.1) is 0 Å². The van der Waals surface area contributed by atoms with Gasteiger partial charge >= 0.3 is 0 Å². The summed E-state index contributed by atoms with van der Waals surface area (Å²) in [6.07, 6.45) is 10.1. The second-order valence-corrected chi connectivity index (χ2v) is 3.34. The first-order valence-corrected chi connectivity index (χ1v) is 4.73. The molecular weight excluding hydrogens is 170 g/mol. The fourth-order valence-corrected chi connectivity index (χ4v) is 1.45. The Morgan fingerprint density at radius 1 is 1.07 bits per heavy atom. The summed E-state index contributed by atoms with van der Waals surface area (Å²) in [5, 5.41) is 3.24. The van der Waals surface area contributed by atoms with E-state index in [4.69, 9.17) is 0 Å². The number of benzene rings is 1. The smallest absolute Gasteiger partial charge is 0.0453 e. The first-order chi connectivity index (χ1) is 6.86. The van der Waals surface area contributed by atoms with Crippen molar-refractivity contribution in [2.75, 3.05) is 0 Å². The van der Waals surface area contributed by atoms with Crippen molar-refractivity contribution in [2.24, 2.45) is 0 Å². The van der Waals surface area contributed by atoms with Crippen LogP contribution in [0, 0.1) is 6.92 Å². The van der Waals surface area contributed by atoms with Crippen LogP contribution in [0.25, 0.3) is 5.70 Å². The highest BCUT2D eigenvalue weighted by molar-refractivity contribution is 5.67. The minimum atomic E-state index is 1.14. The number of hydrogen-bond donors (Lipinski definition) is 1. The lowest BCUT2D eigenvalue weighted by Crippen LogP contribution is -2.02. The Kier molecular flexibility index (Phi) is 2.50. The normalized spacial score (nSPS) is 14.5. The first-order valence-electron chi connectivity index (χ1n) is 4.73. The molecule has 0 amide bonds. The highest BCUT2D eigenvalue weighted by atomic mass is 14.8. The third kappa shape index (κ3) is 1.94. The fraction of sp³-hybridized carbons (Fsp3) is 0.0769. The van der Waals surface area contributed by atoms with Gasteiger partial charge in [-0.3, -0.25) is 0 Å². The average molecular weight is 183 g/mol. The lowest BCUT2D eigenvalue weighted by atomic mass is 10.1. The number of rotatable bonds is 1. The van der Waals surface area contributed by atoms with E-state index in [1.807, 2.05) is 24.4 Å². The van der Waals surface area contributed by atoms with E-state index in [2.05, 4.69) is 42.6 Å². The minimum Gasteiger partial charge on any atom is -0.361 e. The summed E-state index contributed by atoms with van der Waals surface area (Å²) in [6.45, 7) is 2.10. The van der Waals surface area contributed by atoms with Crippen molar-refractivity contribution in [2.45, 2.75) is 6.92 Å². The Labute approximate surface area is 84.5 Å². The molecule has 0 bridgehead atoms. The molecule has 1 aromatic carbocycles. The third-order valence-electron chi connectivity index (χ3n) is 2.15. The van der Waals surface area contributed by atoms with Crippen molar-refractivity contribution in [3.63, 3.8) is 0 Å². The van der Waals surface area contributed by atoms with Gasteiger partial charge < -0.3 is 5.32 Å². The molecule has 0 radical (unpaired) electrons.